The fraction of sp³-hybridized carbons (Fsp3) is 0.500. The molecule has 4 rings (SSSR count). The lowest BCUT2D eigenvalue weighted by Crippen LogP contribution is -2.44. The van der Waals surface area contributed by atoms with Gasteiger partial charge in [0.05, 0.1) is 6.54 Å². The summed E-state index contributed by atoms with van der Waals surface area (Å²) in [6.45, 7) is 3.01. The molecular weight excluding hydrogens is 302 g/mol. The summed E-state index contributed by atoms with van der Waals surface area (Å²) in [5, 5.41) is 8.21. The molecule has 0 spiro atoms. The fourth-order valence-corrected chi connectivity index (χ4v) is 3.91. The molecule has 1 saturated heterocycles. The van der Waals surface area contributed by atoms with Crippen LogP contribution in [0, 0.1) is 0 Å². The molecule has 1 fully saturated rings. The highest BCUT2D eigenvalue weighted by molar-refractivity contribution is 5.82. The molecular formula is C18H23N5O. The summed E-state index contributed by atoms with van der Waals surface area (Å²) in [6.07, 6.45) is 4.87. The van der Waals surface area contributed by atoms with E-state index in [0.717, 1.165) is 44.7 Å². The van der Waals surface area contributed by atoms with Gasteiger partial charge in [-0.25, -0.2) is 0 Å². The van der Waals surface area contributed by atoms with E-state index in [2.05, 4.69) is 33.3 Å². The van der Waals surface area contributed by atoms with Crippen molar-refractivity contribution in [2.45, 2.75) is 25.2 Å². The number of likely N-dealkylation sites (tertiary alicyclic amines) is 1. The van der Waals surface area contributed by atoms with E-state index >= 15 is 0 Å². The van der Waals surface area contributed by atoms with Gasteiger partial charge in [0.2, 0.25) is 5.91 Å². The zero-order chi connectivity index (χ0) is 16.5. The number of piperidine rings is 1. The van der Waals surface area contributed by atoms with E-state index < -0.39 is 0 Å². The Morgan fingerprint density at radius 1 is 1.29 bits per heavy atom. The average molecular weight is 325 g/mol. The van der Waals surface area contributed by atoms with Gasteiger partial charge in [-0.05, 0) is 30.9 Å². The third kappa shape index (κ3) is 2.77. The van der Waals surface area contributed by atoms with Gasteiger partial charge in [-0.2, -0.15) is 0 Å². The number of aryl methyl sites for hydroxylation is 1. The Labute approximate surface area is 142 Å². The molecule has 0 bridgehead atoms. The summed E-state index contributed by atoms with van der Waals surface area (Å²) in [7, 11) is 1.97. The molecule has 6 nitrogen and oxygen atoms in total. The number of hydrogen-bond donors (Lipinski definition) is 0. The number of hydrogen-bond acceptors (Lipinski definition) is 4. The van der Waals surface area contributed by atoms with Gasteiger partial charge in [0.1, 0.15) is 12.2 Å². The Kier molecular flexibility index (Phi) is 3.96. The summed E-state index contributed by atoms with van der Waals surface area (Å²) in [4.78, 5) is 17.0. The molecule has 0 N–H and O–H groups in total. The maximum absolute atomic E-state index is 12.8. The van der Waals surface area contributed by atoms with Crippen molar-refractivity contribution in [2.24, 2.45) is 7.05 Å². The predicted octanol–water partition coefficient (Wildman–Crippen LogP) is 1.58. The van der Waals surface area contributed by atoms with Crippen LogP contribution in [0.1, 0.15) is 30.1 Å². The number of para-hydroxylation sites is 1. The molecule has 0 radical (unpaired) electrons. The molecule has 1 aromatic heterocycles. The molecule has 1 atom stereocenters. The monoisotopic (exact) mass is 325 g/mol. The van der Waals surface area contributed by atoms with Crippen LogP contribution in [0.3, 0.4) is 0 Å². The summed E-state index contributed by atoms with van der Waals surface area (Å²) in [5.41, 5.74) is 2.56. The predicted molar refractivity (Wildman–Crippen MR) is 91.9 cm³/mol. The van der Waals surface area contributed by atoms with Crippen molar-refractivity contribution in [2.75, 3.05) is 31.1 Å². The fourth-order valence-electron chi connectivity index (χ4n) is 3.91. The van der Waals surface area contributed by atoms with Crippen molar-refractivity contribution in [3.05, 3.63) is 42.0 Å². The van der Waals surface area contributed by atoms with Crippen molar-refractivity contribution in [3.8, 4) is 0 Å². The van der Waals surface area contributed by atoms with Gasteiger partial charge < -0.3 is 14.4 Å². The number of carbonyl (C=O) groups is 1. The lowest BCUT2D eigenvalue weighted by atomic mass is 9.97. The smallest absolute Gasteiger partial charge is 0.242 e. The second kappa shape index (κ2) is 6.26. The standard InChI is InChI=1S/C18H23N5O/c1-21-13-19-20-18(21)15-6-4-9-23(11-15)17(24)12-22-10-8-14-5-2-3-7-16(14)22/h2-3,5,7,13,15H,4,6,8-12H2,1H3/t15-/m0/s1. The number of fused-ring (bicyclic) bond motifs is 1. The van der Waals surface area contributed by atoms with Crippen LogP contribution < -0.4 is 4.90 Å². The van der Waals surface area contributed by atoms with E-state index in [1.165, 1.54) is 11.3 Å². The number of anilines is 1. The van der Waals surface area contributed by atoms with Crippen molar-refractivity contribution in [1.29, 1.82) is 0 Å². The van der Waals surface area contributed by atoms with Gasteiger partial charge >= 0.3 is 0 Å². The van der Waals surface area contributed by atoms with Gasteiger partial charge in [-0.1, -0.05) is 18.2 Å². The minimum absolute atomic E-state index is 0.221. The highest BCUT2D eigenvalue weighted by Crippen LogP contribution is 2.28. The second-order valence-electron chi connectivity index (χ2n) is 6.78. The van der Waals surface area contributed by atoms with E-state index in [4.69, 9.17) is 0 Å². The highest BCUT2D eigenvalue weighted by atomic mass is 16.2. The van der Waals surface area contributed by atoms with Crippen LogP contribution in [0.4, 0.5) is 5.69 Å². The Morgan fingerprint density at radius 2 is 2.17 bits per heavy atom. The maximum Gasteiger partial charge on any atom is 0.242 e. The molecule has 1 aromatic carbocycles. The van der Waals surface area contributed by atoms with Crippen LogP contribution >= 0.6 is 0 Å². The minimum Gasteiger partial charge on any atom is -0.362 e. The van der Waals surface area contributed by atoms with Crippen molar-refractivity contribution in [3.63, 3.8) is 0 Å². The largest absolute Gasteiger partial charge is 0.362 e. The molecule has 24 heavy (non-hydrogen) atoms. The first kappa shape index (κ1) is 15.2. The average Bonchev–Trinajstić information content (AvgIpc) is 3.22. The molecule has 6 heteroatoms. The van der Waals surface area contributed by atoms with Crippen LogP contribution in [0.15, 0.2) is 30.6 Å². The molecule has 2 aromatic rings. The third-order valence-electron chi connectivity index (χ3n) is 5.20. The summed E-state index contributed by atoms with van der Waals surface area (Å²) < 4.78 is 1.97. The first-order chi connectivity index (χ1) is 11.7. The summed E-state index contributed by atoms with van der Waals surface area (Å²) in [5.74, 6) is 1.50. The van der Waals surface area contributed by atoms with Gasteiger partial charge in [0.25, 0.3) is 0 Å². The Morgan fingerprint density at radius 3 is 3.00 bits per heavy atom. The molecule has 0 unspecified atom stereocenters. The molecule has 0 saturated carbocycles. The van der Waals surface area contributed by atoms with E-state index in [1.807, 2.05) is 22.6 Å². The molecule has 0 aliphatic carbocycles. The molecule has 2 aliphatic rings. The van der Waals surface area contributed by atoms with Crippen LogP contribution in [0.2, 0.25) is 0 Å². The molecule has 126 valence electrons. The maximum atomic E-state index is 12.8. The quantitative estimate of drug-likeness (QED) is 0.860. The van der Waals surface area contributed by atoms with Crippen LogP contribution in [-0.4, -0.2) is 51.8 Å². The molecule has 2 aliphatic heterocycles. The first-order valence-electron chi connectivity index (χ1n) is 8.67. The van der Waals surface area contributed by atoms with Crippen LogP contribution in [0.25, 0.3) is 0 Å². The lowest BCUT2D eigenvalue weighted by molar-refractivity contribution is -0.130. The number of benzene rings is 1. The SMILES string of the molecule is Cn1cnnc1[C@H]1CCCN(C(=O)CN2CCc3ccccc32)C1. The van der Waals surface area contributed by atoms with E-state index in [1.54, 1.807) is 6.33 Å². The van der Waals surface area contributed by atoms with Crippen molar-refractivity contribution >= 4 is 11.6 Å². The first-order valence-corrected chi connectivity index (χ1v) is 8.67. The van der Waals surface area contributed by atoms with Gasteiger partial charge in [-0.15, -0.1) is 10.2 Å². The van der Waals surface area contributed by atoms with Crippen molar-refractivity contribution in [1.82, 2.24) is 19.7 Å². The topological polar surface area (TPSA) is 54.3 Å². The zero-order valence-corrected chi connectivity index (χ0v) is 14.1. The Balaban J connectivity index is 1.43. The second-order valence-corrected chi connectivity index (χ2v) is 6.78. The molecule has 1 amide bonds. The van der Waals surface area contributed by atoms with Gasteiger partial charge in [0, 0.05) is 38.3 Å². The minimum atomic E-state index is 0.221. The highest BCUT2D eigenvalue weighted by Gasteiger charge is 2.29. The molecule has 3 heterocycles. The lowest BCUT2D eigenvalue weighted by Gasteiger charge is -2.33. The van der Waals surface area contributed by atoms with Crippen LogP contribution in [-0.2, 0) is 18.3 Å². The van der Waals surface area contributed by atoms with Gasteiger partial charge in [-0.3, -0.25) is 4.79 Å². The summed E-state index contributed by atoms with van der Waals surface area (Å²) in [6, 6.07) is 8.39. The number of amides is 1. The van der Waals surface area contributed by atoms with E-state index in [9.17, 15) is 4.79 Å². The van der Waals surface area contributed by atoms with Gasteiger partial charge in [0.15, 0.2) is 0 Å². The van der Waals surface area contributed by atoms with E-state index in [-0.39, 0.29) is 5.91 Å². The van der Waals surface area contributed by atoms with E-state index in [0.29, 0.717) is 12.5 Å². The Hall–Kier alpha value is -2.37. The number of nitrogens with zero attached hydrogens (tertiary/aromatic N) is 5. The summed E-state index contributed by atoms with van der Waals surface area (Å²) >= 11 is 0. The number of carbonyl (C=O) groups excluding carboxylic acids is 1. The number of aromatic nitrogens is 3. The normalized spacial score (nSPS) is 20.3. The zero-order valence-electron chi connectivity index (χ0n) is 14.1. The Bertz CT molecular complexity index is 741. The third-order valence-corrected chi connectivity index (χ3v) is 5.20. The van der Waals surface area contributed by atoms with Crippen LogP contribution in [0.5, 0.6) is 0 Å². The van der Waals surface area contributed by atoms with Crippen molar-refractivity contribution < 1.29 is 4.79 Å². The number of rotatable bonds is 3.